The predicted octanol–water partition coefficient (Wildman–Crippen LogP) is 0.696. The minimum absolute atomic E-state index is 0.120. The number of esters is 1. The number of fused-ring (bicyclic) bond motifs is 1. The molecule has 1 aromatic rings. The number of rotatable bonds is 3. The molecule has 0 saturated carbocycles. The van der Waals surface area contributed by atoms with Gasteiger partial charge in [0.05, 0.1) is 18.0 Å². The Morgan fingerprint density at radius 2 is 2.32 bits per heavy atom. The number of carbonyl (C=O) groups excluding carboxylic acids is 2. The van der Waals surface area contributed by atoms with Gasteiger partial charge in [0.1, 0.15) is 18.1 Å². The third-order valence-electron chi connectivity index (χ3n) is 2.61. The van der Waals surface area contributed by atoms with Crippen LogP contribution in [0.1, 0.15) is 6.92 Å². The van der Waals surface area contributed by atoms with Crippen LogP contribution in [0.4, 0.5) is 15.8 Å². The first-order valence-corrected chi connectivity index (χ1v) is 5.70. The SMILES string of the molecule is CCOC(=O)CN1C(=O)COc2cc(F)c(N)cc21. The lowest BCUT2D eigenvalue weighted by Crippen LogP contribution is -2.42. The van der Waals surface area contributed by atoms with Gasteiger partial charge in [-0.3, -0.25) is 14.5 Å². The summed E-state index contributed by atoms with van der Waals surface area (Å²) < 4.78 is 23.2. The number of hydrogen-bond acceptors (Lipinski definition) is 5. The summed E-state index contributed by atoms with van der Waals surface area (Å²) in [6.07, 6.45) is 0. The first kappa shape index (κ1) is 13.1. The number of nitrogen functional groups attached to an aromatic ring is 1. The van der Waals surface area contributed by atoms with Gasteiger partial charge < -0.3 is 15.2 Å². The van der Waals surface area contributed by atoms with Crippen LogP contribution in [-0.4, -0.2) is 31.6 Å². The molecule has 1 aliphatic rings. The number of ether oxygens (including phenoxy) is 2. The van der Waals surface area contributed by atoms with E-state index < -0.39 is 17.7 Å². The van der Waals surface area contributed by atoms with Gasteiger partial charge in [-0.2, -0.15) is 0 Å². The second kappa shape index (κ2) is 5.13. The zero-order valence-corrected chi connectivity index (χ0v) is 10.3. The average Bonchev–Trinajstić information content (AvgIpc) is 2.36. The number of benzene rings is 1. The van der Waals surface area contributed by atoms with Crippen molar-refractivity contribution < 1.29 is 23.5 Å². The van der Waals surface area contributed by atoms with Crippen LogP contribution in [0.15, 0.2) is 12.1 Å². The largest absolute Gasteiger partial charge is 0.481 e. The fourth-order valence-corrected chi connectivity index (χ4v) is 1.75. The highest BCUT2D eigenvalue weighted by Crippen LogP contribution is 2.35. The molecule has 0 bridgehead atoms. The zero-order chi connectivity index (χ0) is 14.0. The van der Waals surface area contributed by atoms with E-state index in [0.717, 1.165) is 6.07 Å². The normalized spacial score (nSPS) is 13.8. The number of hydrogen-bond donors (Lipinski definition) is 1. The van der Waals surface area contributed by atoms with Crippen molar-refractivity contribution in [2.75, 3.05) is 30.4 Å². The van der Waals surface area contributed by atoms with Crippen molar-refractivity contribution in [1.29, 1.82) is 0 Å². The van der Waals surface area contributed by atoms with Gasteiger partial charge in [-0.05, 0) is 13.0 Å². The number of halogens is 1. The van der Waals surface area contributed by atoms with Crippen molar-refractivity contribution >= 4 is 23.3 Å². The Bertz CT molecular complexity index is 533. The van der Waals surface area contributed by atoms with Crippen LogP contribution in [0.25, 0.3) is 0 Å². The van der Waals surface area contributed by atoms with Gasteiger partial charge in [0, 0.05) is 6.07 Å². The Morgan fingerprint density at radius 1 is 1.58 bits per heavy atom. The van der Waals surface area contributed by atoms with Gasteiger partial charge in [0.25, 0.3) is 5.91 Å². The van der Waals surface area contributed by atoms with E-state index in [-0.39, 0.29) is 36.9 Å². The van der Waals surface area contributed by atoms with Crippen molar-refractivity contribution in [2.45, 2.75) is 6.92 Å². The van der Waals surface area contributed by atoms with Crippen LogP contribution in [0.5, 0.6) is 5.75 Å². The molecular formula is C12H13FN2O4. The fraction of sp³-hybridized carbons (Fsp3) is 0.333. The van der Waals surface area contributed by atoms with Gasteiger partial charge in [-0.1, -0.05) is 0 Å². The van der Waals surface area contributed by atoms with E-state index in [1.807, 2.05) is 0 Å². The number of nitrogens with two attached hydrogens (primary N) is 1. The molecule has 102 valence electrons. The van der Waals surface area contributed by atoms with Crippen molar-refractivity contribution in [3.8, 4) is 5.75 Å². The minimum Gasteiger partial charge on any atom is -0.481 e. The van der Waals surface area contributed by atoms with E-state index in [9.17, 15) is 14.0 Å². The number of carbonyl (C=O) groups is 2. The third-order valence-corrected chi connectivity index (χ3v) is 2.61. The van der Waals surface area contributed by atoms with Gasteiger partial charge in [0.15, 0.2) is 6.61 Å². The Hall–Kier alpha value is -2.31. The lowest BCUT2D eigenvalue weighted by Gasteiger charge is -2.28. The summed E-state index contributed by atoms with van der Waals surface area (Å²) in [6, 6.07) is 2.36. The van der Waals surface area contributed by atoms with Gasteiger partial charge >= 0.3 is 5.97 Å². The molecule has 0 aromatic heterocycles. The first-order chi connectivity index (χ1) is 9.02. The summed E-state index contributed by atoms with van der Waals surface area (Å²) >= 11 is 0. The molecule has 0 unspecified atom stereocenters. The molecule has 1 aromatic carbocycles. The van der Waals surface area contributed by atoms with Gasteiger partial charge in [-0.15, -0.1) is 0 Å². The quantitative estimate of drug-likeness (QED) is 0.644. The summed E-state index contributed by atoms with van der Waals surface area (Å²) in [5.41, 5.74) is 5.60. The smallest absolute Gasteiger partial charge is 0.326 e. The van der Waals surface area contributed by atoms with Crippen molar-refractivity contribution in [1.82, 2.24) is 0 Å². The molecule has 0 radical (unpaired) electrons. The Kier molecular flexibility index (Phi) is 3.55. The molecule has 19 heavy (non-hydrogen) atoms. The maximum absolute atomic E-state index is 13.3. The molecular weight excluding hydrogens is 255 g/mol. The second-order valence-corrected chi connectivity index (χ2v) is 3.92. The summed E-state index contributed by atoms with van der Waals surface area (Å²) in [4.78, 5) is 24.4. The van der Waals surface area contributed by atoms with E-state index in [0.29, 0.717) is 0 Å². The molecule has 2 N–H and O–H groups in total. The third kappa shape index (κ3) is 2.59. The minimum atomic E-state index is -0.635. The van der Waals surface area contributed by atoms with Crippen molar-refractivity contribution in [2.24, 2.45) is 0 Å². The Morgan fingerprint density at radius 3 is 3.00 bits per heavy atom. The highest BCUT2D eigenvalue weighted by molar-refractivity contribution is 6.01. The van der Waals surface area contributed by atoms with Crippen LogP contribution in [0.2, 0.25) is 0 Å². The molecule has 0 atom stereocenters. The van der Waals surface area contributed by atoms with Crippen molar-refractivity contribution in [3.63, 3.8) is 0 Å². The lowest BCUT2D eigenvalue weighted by atomic mass is 10.2. The Balaban J connectivity index is 2.32. The highest BCUT2D eigenvalue weighted by atomic mass is 19.1. The molecule has 7 heteroatoms. The van der Waals surface area contributed by atoms with Crippen LogP contribution < -0.4 is 15.4 Å². The standard InChI is InChI=1S/C12H13FN2O4/c1-2-18-12(17)5-15-9-4-8(14)7(13)3-10(9)19-6-11(15)16/h3-4H,2,5-6,14H2,1H3. The fourth-order valence-electron chi connectivity index (χ4n) is 1.75. The topological polar surface area (TPSA) is 81.9 Å². The predicted molar refractivity (Wildman–Crippen MR) is 65.3 cm³/mol. The molecule has 0 spiro atoms. The highest BCUT2D eigenvalue weighted by Gasteiger charge is 2.28. The molecule has 6 nitrogen and oxygen atoms in total. The van der Waals surface area contributed by atoms with Crippen LogP contribution in [0, 0.1) is 5.82 Å². The molecule has 0 fully saturated rings. The van der Waals surface area contributed by atoms with E-state index in [2.05, 4.69) is 0 Å². The number of amides is 1. The van der Waals surface area contributed by atoms with Gasteiger partial charge in [0.2, 0.25) is 0 Å². The van der Waals surface area contributed by atoms with Gasteiger partial charge in [-0.25, -0.2) is 4.39 Å². The zero-order valence-electron chi connectivity index (χ0n) is 10.3. The number of nitrogens with zero attached hydrogens (tertiary/aromatic N) is 1. The molecule has 1 amide bonds. The van der Waals surface area contributed by atoms with Crippen molar-refractivity contribution in [3.05, 3.63) is 17.9 Å². The molecule has 0 saturated heterocycles. The summed E-state index contributed by atoms with van der Waals surface area (Å²) in [7, 11) is 0. The maximum atomic E-state index is 13.3. The lowest BCUT2D eigenvalue weighted by molar-refractivity contribution is -0.142. The molecule has 1 heterocycles. The number of anilines is 2. The molecule has 1 aliphatic heterocycles. The maximum Gasteiger partial charge on any atom is 0.326 e. The van der Waals surface area contributed by atoms with Crippen LogP contribution in [0.3, 0.4) is 0 Å². The van der Waals surface area contributed by atoms with Crippen LogP contribution >= 0.6 is 0 Å². The monoisotopic (exact) mass is 268 g/mol. The van der Waals surface area contributed by atoms with E-state index in [1.54, 1.807) is 6.92 Å². The average molecular weight is 268 g/mol. The van der Waals surface area contributed by atoms with E-state index in [1.165, 1.54) is 11.0 Å². The molecule has 2 rings (SSSR count). The van der Waals surface area contributed by atoms with Crippen LogP contribution in [-0.2, 0) is 14.3 Å². The summed E-state index contributed by atoms with van der Waals surface area (Å²) in [5, 5.41) is 0. The molecule has 0 aliphatic carbocycles. The summed E-state index contributed by atoms with van der Waals surface area (Å²) in [5.74, 6) is -1.42. The first-order valence-electron chi connectivity index (χ1n) is 5.70. The second-order valence-electron chi connectivity index (χ2n) is 3.92. The Labute approximate surface area is 108 Å². The van der Waals surface area contributed by atoms with E-state index in [4.69, 9.17) is 15.2 Å². The summed E-state index contributed by atoms with van der Waals surface area (Å²) in [6.45, 7) is 1.37. The van der Waals surface area contributed by atoms with E-state index >= 15 is 0 Å².